The van der Waals surface area contributed by atoms with Crippen LogP contribution in [0, 0.1) is 12.7 Å². The van der Waals surface area contributed by atoms with Crippen molar-refractivity contribution in [3.63, 3.8) is 0 Å². The Hall–Kier alpha value is -2.61. The fourth-order valence-corrected chi connectivity index (χ4v) is 3.94. The van der Waals surface area contributed by atoms with Crippen LogP contribution < -0.4 is 20.9 Å². The number of nitrogens with two attached hydrogens (primary N) is 1. The number of aryl methyl sites for hydroxylation is 1. The number of nitrogens with one attached hydrogen (secondary N) is 1. The van der Waals surface area contributed by atoms with E-state index in [1.165, 1.54) is 23.1 Å². The summed E-state index contributed by atoms with van der Waals surface area (Å²) >= 11 is 5.88. The molecule has 7 nitrogen and oxygen atoms in total. The molecule has 156 valence electrons. The molecule has 29 heavy (non-hydrogen) atoms. The van der Waals surface area contributed by atoms with Crippen LogP contribution in [-0.4, -0.2) is 42.2 Å². The summed E-state index contributed by atoms with van der Waals surface area (Å²) in [5.41, 5.74) is 7.14. The lowest BCUT2D eigenvalue weighted by atomic mass is 9.90. The van der Waals surface area contributed by atoms with Gasteiger partial charge >= 0.3 is 6.03 Å². The molecule has 2 aromatic rings. The first-order valence-electron chi connectivity index (χ1n) is 9.57. The number of rotatable bonds is 5. The third-order valence-corrected chi connectivity index (χ3v) is 5.47. The molecule has 1 aliphatic rings. The van der Waals surface area contributed by atoms with E-state index in [0.717, 1.165) is 37.1 Å². The highest BCUT2D eigenvalue weighted by Crippen LogP contribution is 2.31. The molecule has 1 heterocycles. The van der Waals surface area contributed by atoms with Crippen molar-refractivity contribution in [1.82, 2.24) is 9.97 Å². The fourth-order valence-electron chi connectivity index (χ4n) is 3.77. The number of urea groups is 1. The lowest BCUT2D eigenvalue weighted by Gasteiger charge is -2.36. The first-order chi connectivity index (χ1) is 13.8. The maximum absolute atomic E-state index is 13.5. The summed E-state index contributed by atoms with van der Waals surface area (Å²) in [6, 6.07) is 3.78. The van der Waals surface area contributed by atoms with Crippen molar-refractivity contribution < 1.29 is 9.18 Å². The van der Waals surface area contributed by atoms with Crippen LogP contribution in [0.5, 0.6) is 0 Å². The van der Waals surface area contributed by atoms with Crippen LogP contribution in [0.15, 0.2) is 24.4 Å². The summed E-state index contributed by atoms with van der Waals surface area (Å²) in [6.07, 6.45) is 4.98. The summed E-state index contributed by atoms with van der Waals surface area (Å²) in [7, 11) is 3.90. The van der Waals surface area contributed by atoms with Gasteiger partial charge in [-0.15, -0.1) is 0 Å². The van der Waals surface area contributed by atoms with Crippen LogP contribution in [0.25, 0.3) is 0 Å². The van der Waals surface area contributed by atoms with Crippen LogP contribution >= 0.6 is 11.6 Å². The first-order valence-corrected chi connectivity index (χ1v) is 9.95. The van der Waals surface area contributed by atoms with Gasteiger partial charge in [-0.3, -0.25) is 4.90 Å². The number of hydrogen-bond donors (Lipinski definition) is 2. The molecule has 1 fully saturated rings. The molecule has 0 saturated heterocycles. The molecule has 0 radical (unpaired) electrons. The number of carbonyl (C=O) groups is 1. The largest absolute Gasteiger partial charge is 0.362 e. The summed E-state index contributed by atoms with van der Waals surface area (Å²) in [4.78, 5) is 24.5. The van der Waals surface area contributed by atoms with E-state index in [4.69, 9.17) is 17.3 Å². The molecule has 1 aromatic carbocycles. The smallest absolute Gasteiger partial charge is 0.319 e. The van der Waals surface area contributed by atoms with Crippen molar-refractivity contribution in [3.05, 3.63) is 40.8 Å². The Morgan fingerprint density at radius 1 is 1.28 bits per heavy atom. The van der Waals surface area contributed by atoms with Gasteiger partial charge in [-0.25, -0.2) is 14.2 Å². The van der Waals surface area contributed by atoms with Gasteiger partial charge < -0.3 is 16.0 Å². The maximum atomic E-state index is 13.5. The van der Waals surface area contributed by atoms with Crippen LogP contribution in [0.4, 0.5) is 26.6 Å². The van der Waals surface area contributed by atoms with Gasteiger partial charge in [0.25, 0.3) is 0 Å². The minimum atomic E-state index is -0.568. The zero-order valence-corrected chi connectivity index (χ0v) is 17.6. The van der Waals surface area contributed by atoms with Gasteiger partial charge in [-0.05, 0) is 50.8 Å². The third-order valence-electron chi connectivity index (χ3n) is 5.18. The van der Waals surface area contributed by atoms with Gasteiger partial charge in [0.1, 0.15) is 11.6 Å². The highest BCUT2D eigenvalue weighted by molar-refractivity contribution is 6.31. The molecule has 9 heteroatoms. The lowest BCUT2D eigenvalue weighted by molar-refractivity contribution is 0.248. The maximum Gasteiger partial charge on any atom is 0.319 e. The highest BCUT2D eigenvalue weighted by Gasteiger charge is 2.29. The molecule has 0 spiro atoms. The Labute approximate surface area is 175 Å². The van der Waals surface area contributed by atoms with Crippen LogP contribution in [0.2, 0.25) is 5.02 Å². The minimum Gasteiger partial charge on any atom is -0.362 e. The molecule has 3 N–H and O–H groups in total. The summed E-state index contributed by atoms with van der Waals surface area (Å²) in [5, 5.41) is 3.36. The normalized spacial score (nSPS) is 18.9. The van der Waals surface area contributed by atoms with Crippen molar-refractivity contribution in [2.24, 2.45) is 5.73 Å². The summed E-state index contributed by atoms with van der Waals surface area (Å²) in [6.45, 7) is 1.98. The van der Waals surface area contributed by atoms with Gasteiger partial charge in [0.05, 0.1) is 5.02 Å². The number of carbonyl (C=O) groups excluding carboxylic acids is 1. The predicted octanol–water partition coefficient (Wildman–Crippen LogP) is 3.95. The number of amides is 2. The second-order valence-electron chi connectivity index (χ2n) is 7.55. The topological polar surface area (TPSA) is 87.4 Å². The molecule has 3 rings (SSSR count). The number of aromatic nitrogens is 2. The van der Waals surface area contributed by atoms with E-state index in [-0.39, 0.29) is 17.1 Å². The van der Waals surface area contributed by atoms with Gasteiger partial charge in [-0.2, -0.15) is 4.98 Å². The van der Waals surface area contributed by atoms with Crippen LogP contribution in [0.1, 0.15) is 31.2 Å². The van der Waals surface area contributed by atoms with Gasteiger partial charge in [0.15, 0.2) is 0 Å². The molecule has 1 aromatic heterocycles. The number of anilines is 3. The van der Waals surface area contributed by atoms with E-state index in [2.05, 4.69) is 15.3 Å². The molecule has 2 amide bonds. The summed E-state index contributed by atoms with van der Waals surface area (Å²) in [5.74, 6) is 0.951. The quantitative estimate of drug-likeness (QED) is 0.764. The van der Waals surface area contributed by atoms with E-state index in [1.54, 1.807) is 0 Å². The standard InChI is InChI=1S/C20H26ClFN6O/c1-12-11-24-20(26-18(12)27(2)3)25-13-4-6-14(7-5-13)28(19(23)29)15-8-9-17(22)16(21)10-15/h8-11,13-14H,4-7H2,1-3H3,(H2,23,29)(H,24,25,26). The Bertz CT molecular complexity index is 885. The second-order valence-corrected chi connectivity index (χ2v) is 7.96. The van der Waals surface area contributed by atoms with Crippen LogP contribution in [-0.2, 0) is 0 Å². The fraction of sp³-hybridized carbons (Fsp3) is 0.450. The third kappa shape index (κ3) is 4.87. The summed E-state index contributed by atoms with van der Waals surface area (Å²) < 4.78 is 13.5. The highest BCUT2D eigenvalue weighted by atomic mass is 35.5. The van der Waals surface area contributed by atoms with Crippen molar-refractivity contribution in [2.45, 2.75) is 44.7 Å². The molecule has 1 saturated carbocycles. The molecule has 0 bridgehead atoms. The van der Waals surface area contributed by atoms with Crippen molar-refractivity contribution >= 4 is 35.1 Å². The van der Waals surface area contributed by atoms with Gasteiger partial charge in [-0.1, -0.05) is 11.6 Å². The zero-order chi connectivity index (χ0) is 21.1. The van der Waals surface area contributed by atoms with E-state index in [9.17, 15) is 9.18 Å². The average Bonchev–Trinajstić information content (AvgIpc) is 2.67. The molecule has 0 aliphatic heterocycles. The van der Waals surface area contributed by atoms with E-state index in [1.807, 2.05) is 32.1 Å². The molecule has 1 aliphatic carbocycles. The van der Waals surface area contributed by atoms with E-state index in [0.29, 0.717) is 11.6 Å². The molecular formula is C20H26ClFN6O. The second kappa shape index (κ2) is 8.82. The Kier molecular flexibility index (Phi) is 6.42. The van der Waals surface area contributed by atoms with E-state index < -0.39 is 11.8 Å². The lowest BCUT2D eigenvalue weighted by Crippen LogP contribution is -2.46. The van der Waals surface area contributed by atoms with Crippen molar-refractivity contribution in [3.8, 4) is 0 Å². The van der Waals surface area contributed by atoms with Crippen LogP contribution in [0.3, 0.4) is 0 Å². The Balaban J connectivity index is 1.66. The Morgan fingerprint density at radius 2 is 1.97 bits per heavy atom. The average molecular weight is 421 g/mol. The molecule has 0 atom stereocenters. The first kappa shape index (κ1) is 21.1. The van der Waals surface area contributed by atoms with Crippen molar-refractivity contribution in [1.29, 1.82) is 0 Å². The zero-order valence-electron chi connectivity index (χ0n) is 16.8. The van der Waals surface area contributed by atoms with Crippen molar-refractivity contribution in [2.75, 3.05) is 29.2 Å². The van der Waals surface area contributed by atoms with Gasteiger partial charge in [0.2, 0.25) is 5.95 Å². The molecular weight excluding hydrogens is 395 g/mol. The number of primary amides is 1. The number of hydrogen-bond acceptors (Lipinski definition) is 5. The number of benzene rings is 1. The number of nitrogens with zero attached hydrogens (tertiary/aromatic N) is 4. The predicted molar refractivity (Wildman–Crippen MR) is 114 cm³/mol. The minimum absolute atomic E-state index is 0.0303. The van der Waals surface area contributed by atoms with Gasteiger partial charge in [0, 0.05) is 43.6 Å². The molecule has 0 unspecified atom stereocenters. The SMILES string of the molecule is Cc1cnc(NC2CCC(N(C(N)=O)c3ccc(F)c(Cl)c3)CC2)nc1N(C)C. The Morgan fingerprint density at radius 3 is 2.55 bits per heavy atom. The monoisotopic (exact) mass is 420 g/mol. The van der Waals surface area contributed by atoms with E-state index >= 15 is 0 Å². The number of halogens is 2.